The molecule has 2 aliphatic rings. The number of likely N-dealkylation sites (tertiary alicyclic amines) is 1. The summed E-state index contributed by atoms with van der Waals surface area (Å²) in [5, 5.41) is 9.28. The fraction of sp³-hybridized carbons (Fsp3) is 0.444. The van der Waals surface area contributed by atoms with Gasteiger partial charge in [-0.05, 0) is 67.4 Å². The van der Waals surface area contributed by atoms with Crippen LogP contribution < -0.4 is 0 Å². The summed E-state index contributed by atoms with van der Waals surface area (Å²) in [6.07, 6.45) is -5.70. The van der Waals surface area contributed by atoms with Crippen LogP contribution >= 0.6 is 0 Å². The summed E-state index contributed by atoms with van der Waals surface area (Å²) in [5.41, 5.74) is -1.94. The number of aliphatic carboxylic acids is 1. The maximum absolute atomic E-state index is 14.2. The lowest BCUT2D eigenvalue weighted by molar-refractivity contribution is -0.140. The number of carboxylic acid groups (broad SMARTS) is 1. The van der Waals surface area contributed by atoms with Gasteiger partial charge in [0.1, 0.15) is 5.82 Å². The van der Waals surface area contributed by atoms with Crippen molar-refractivity contribution in [1.29, 1.82) is 0 Å². The molecule has 1 aromatic carbocycles. The van der Waals surface area contributed by atoms with Gasteiger partial charge in [0.25, 0.3) is 0 Å². The fourth-order valence-electron chi connectivity index (χ4n) is 4.95. The zero-order valence-corrected chi connectivity index (χ0v) is 20.0. The highest BCUT2D eigenvalue weighted by Gasteiger charge is 2.42. The van der Waals surface area contributed by atoms with Gasteiger partial charge in [-0.15, -0.1) is 0 Å². The van der Waals surface area contributed by atoms with Crippen molar-refractivity contribution in [3.05, 3.63) is 71.1 Å². The van der Waals surface area contributed by atoms with E-state index in [9.17, 15) is 40.6 Å². The molecule has 1 saturated heterocycles. The minimum absolute atomic E-state index is 0.0395. The summed E-state index contributed by atoms with van der Waals surface area (Å²) in [6, 6.07) is 0.250. The van der Waals surface area contributed by atoms with Crippen LogP contribution in [0.1, 0.15) is 49.8 Å². The van der Waals surface area contributed by atoms with Gasteiger partial charge in [-0.25, -0.2) is 4.39 Å². The van der Waals surface area contributed by atoms with Gasteiger partial charge in [0, 0.05) is 19.0 Å². The van der Waals surface area contributed by atoms with Crippen LogP contribution in [0.25, 0.3) is 0 Å². The Balaban J connectivity index is 2.09. The number of hydrogen-bond acceptors (Lipinski definition) is 2. The Kier molecular flexibility index (Phi) is 8.58. The van der Waals surface area contributed by atoms with E-state index in [2.05, 4.69) is 18.4 Å². The average molecular weight is 529 g/mol. The van der Waals surface area contributed by atoms with Crippen LogP contribution in [0, 0.1) is 29.5 Å². The Labute approximate surface area is 210 Å². The van der Waals surface area contributed by atoms with Crippen LogP contribution in [0.3, 0.4) is 0 Å². The van der Waals surface area contributed by atoms with E-state index in [4.69, 9.17) is 0 Å². The van der Waals surface area contributed by atoms with E-state index in [1.807, 2.05) is 0 Å². The first-order chi connectivity index (χ1) is 17.2. The molecule has 1 aromatic rings. The lowest BCUT2D eigenvalue weighted by Gasteiger charge is -2.45. The van der Waals surface area contributed by atoms with Crippen molar-refractivity contribution in [2.45, 2.75) is 57.0 Å². The van der Waals surface area contributed by atoms with Crippen LogP contribution in [0.4, 0.5) is 30.7 Å². The monoisotopic (exact) mass is 529 g/mol. The summed E-state index contributed by atoms with van der Waals surface area (Å²) in [4.78, 5) is 13.0. The zero-order valence-electron chi connectivity index (χ0n) is 20.0. The molecule has 0 saturated carbocycles. The van der Waals surface area contributed by atoms with Crippen molar-refractivity contribution in [3.63, 3.8) is 0 Å². The van der Waals surface area contributed by atoms with Crippen LogP contribution in [0.5, 0.6) is 0 Å². The van der Waals surface area contributed by atoms with E-state index < -0.39 is 58.8 Å². The summed E-state index contributed by atoms with van der Waals surface area (Å²) in [6.45, 7) is 5.35. The molecule has 1 heterocycles. The third-order valence-electron chi connectivity index (χ3n) is 6.58. The Hall–Kier alpha value is -3.06. The van der Waals surface area contributed by atoms with E-state index >= 15 is 0 Å². The van der Waals surface area contributed by atoms with Crippen molar-refractivity contribution in [2.24, 2.45) is 11.8 Å². The summed E-state index contributed by atoms with van der Waals surface area (Å²) in [7, 11) is 0. The summed E-state index contributed by atoms with van der Waals surface area (Å²) in [5.74, 6) is 2.66. The van der Waals surface area contributed by atoms with Gasteiger partial charge >= 0.3 is 18.3 Å². The molecule has 1 unspecified atom stereocenters. The third kappa shape index (κ3) is 7.25. The van der Waals surface area contributed by atoms with E-state index in [1.54, 1.807) is 11.8 Å². The van der Waals surface area contributed by atoms with E-state index in [0.29, 0.717) is 24.1 Å². The van der Waals surface area contributed by atoms with Gasteiger partial charge in [0.15, 0.2) is 0 Å². The number of hydrogen-bond donors (Lipinski definition) is 1. The maximum atomic E-state index is 14.2. The van der Waals surface area contributed by atoms with Crippen molar-refractivity contribution < 1.29 is 40.6 Å². The number of halogens is 7. The molecule has 0 amide bonds. The molecule has 37 heavy (non-hydrogen) atoms. The number of carbonyl (C=O) groups is 1. The maximum Gasteiger partial charge on any atom is 0.416 e. The SMILES string of the molecule is C=C(C)C#C[C@@H](c1cc(F)ccc1C(F)(F)F)N1CC[C@H](CC(=O)O)C[C@@H]1C1C=CC(C(F)(F)F)=CC1. The zero-order chi connectivity index (χ0) is 27.5. The standard InChI is InChI=1S/C27H26F7NO2/c1-16(2)3-10-23(21-15-20(28)8-9-22(21)27(32,33)34)35-12-11-17(14-25(36)37)13-24(35)18-4-6-19(7-5-18)26(29,30)31/h4,6-9,15,17-18,23-24H,1,5,11-14H2,2H3,(H,36,37)/t17-,18?,23-,24+/m0/s1. The molecule has 1 fully saturated rings. The van der Waals surface area contributed by atoms with Crippen LogP contribution in [0.15, 0.2) is 54.2 Å². The average Bonchev–Trinajstić information content (AvgIpc) is 2.78. The molecular formula is C27H26F7NO2. The molecule has 3 rings (SSSR count). The van der Waals surface area contributed by atoms with Gasteiger partial charge < -0.3 is 5.11 Å². The van der Waals surface area contributed by atoms with Gasteiger partial charge in [-0.1, -0.05) is 36.6 Å². The molecule has 1 aliphatic carbocycles. The number of benzene rings is 1. The molecule has 0 aromatic heterocycles. The first-order valence-corrected chi connectivity index (χ1v) is 11.6. The molecule has 10 heteroatoms. The number of rotatable bonds is 5. The lowest BCUT2D eigenvalue weighted by Crippen LogP contribution is -2.48. The van der Waals surface area contributed by atoms with Crippen LogP contribution in [0.2, 0.25) is 0 Å². The normalized spacial score (nSPS) is 23.6. The largest absolute Gasteiger partial charge is 0.481 e. The highest BCUT2D eigenvalue weighted by Crippen LogP contribution is 2.43. The minimum atomic E-state index is -4.81. The smallest absolute Gasteiger partial charge is 0.416 e. The molecule has 0 bridgehead atoms. The van der Waals surface area contributed by atoms with Crippen LogP contribution in [-0.2, 0) is 11.0 Å². The van der Waals surface area contributed by atoms with Crippen LogP contribution in [-0.4, -0.2) is 34.7 Å². The second-order valence-electron chi connectivity index (χ2n) is 9.39. The summed E-state index contributed by atoms with van der Waals surface area (Å²) >= 11 is 0. The molecule has 200 valence electrons. The number of carboxylic acids is 1. The predicted octanol–water partition coefficient (Wildman–Crippen LogP) is 7.09. The Morgan fingerprint density at radius 2 is 1.92 bits per heavy atom. The first-order valence-electron chi connectivity index (χ1n) is 11.6. The Bertz CT molecular complexity index is 1150. The van der Waals surface area contributed by atoms with E-state index in [0.717, 1.165) is 18.2 Å². The molecule has 3 nitrogen and oxygen atoms in total. The molecule has 1 N–H and O–H groups in total. The number of alkyl halides is 6. The van der Waals surface area contributed by atoms with Crippen molar-refractivity contribution >= 4 is 5.97 Å². The van der Waals surface area contributed by atoms with Crippen molar-refractivity contribution in [3.8, 4) is 11.8 Å². The number of piperidine rings is 1. The number of nitrogens with zero attached hydrogens (tertiary/aromatic N) is 1. The van der Waals surface area contributed by atoms with Gasteiger partial charge in [-0.3, -0.25) is 9.69 Å². The lowest BCUT2D eigenvalue weighted by atomic mass is 9.78. The van der Waals surface area contributed by atoms with Gasteiger partial charge in [-0.2, -0.15) is 26.3 Å². The number of allylic oxidation sites excluding steroid dienone is 4. The first kappa shape index (κ1) is 28.5. The van der Waals surface area contributed by atoms with Gasteiger partial charge in [0.05, 0.1) is 17.2 Å². The van der Waals surface area contributed by atoms with E-state index in [1.165, 1.54) is 6.08 Å². The minimum Gasteiger partial charge on any atom is -0.481 e. The van der Waals surface area contributed by atoms with Crippen molar-refractivity contribution in [2.75, 3.05) is 6.54 Å². The second kappa shape index (κ2) is 11.1. The molecular weight excluding hydrogens is 503 g/mol. The highest BCUT2D eigenvalue weighted by atomic mass is 19.4. The Morgan fingerprint density at radius 3 is 2.46 bits per heavy atom. The molecule has 0 radical (unpaired) electrons. The molecule has 4 atom stereocenters. The topological polar surface area (TPSA) is 40.5 Å². The molecule has 1 aliphatic heterocycles. The van der Waals surface area contributed by atoms with Crippen molar-refractivity contribution in [1.82, 2.24) is 4.90 Å². The Morgan fingerprint density at radius 1 is 1.22 bits per heavy atom. The summed E-state index contributed by atoms with van der Waals surface area (Å²) < 4.78 is 95.4. The van der Waals surface area contributed by atoms with E-state index in [-0.39, 0.29) is 31.7 Å². The molecule has 0 spiro atoms. The highest BCUT2D eigenvalue weighted by molar-refractivity contribution is 5.67. The quantitative estimate of drug-likeness (QED) is 0.327. The second-order valence-corrected chi connectivity index (χ2v) is 9.39. The fourth-order valence-corrected chi connectivity index (χ4v) is 4.95. The third-order valence-corrected chi connectivity index (χ3v) is 6.58. The predicted molar refractivity (Wildman–Crippen MR) is 124 cm³/mol. The van der Waals surface area contributed by atoms with Gasteiger partial charge in [0.2, 0.25) is 0 Å².